The number of carboxylic acid groups (broad SMARTS) is 1. The molecule has 0 spiro atoms. The predicted molar refractivity (Wildman–Crippen MR) is 53.4 cm³/mol. The van der Waals surface area contributed by atoms with Crippen LogP contribution in [0.25, 0.3) is 0 Å². The summed E-state index contributed by atoms with van der Waals surface area (Å²) < 4.78 is 0.768. The van der Waals surface area contributed by atoms with Crippen molar-refractivity contribution >= 4 is 21.9 Å². The second kappa shape index (κ2) is 3.89. The molecule has 0 unspecified atom stereocenters. The summed E-state index contributed by atoms with van der Waals surface area (Å²) in [7, 11) is 0. The van der Waals surface area contributed by atoms with Crippen molar-refractivity contribution in [2.75, 3.05) is 0 Å². The molecule has 0 amide bonds. The normalized spacial score (nSPS) is 12.5. The first-order valence-corrected chi connectivity index (χ1v) is 4.56. The Balaban J connectivity index is 3.15. The quantitative estimate of drug-likeness (QED) is 0.834. The molecule has 0 saturated heterocycles. The summed E-state index contributed by atoms with van der Waals surface area (Å²) in [5.74, 6) is -1.02. The number of rotatable bonds is 2. The topological polar surface area (TPSA) is 63.3 Å². The second-order valence-electron chi connectivity index (χ2n) is 2.79. The third-order valence-corrected chi connectivity index (χ3v) is 2.91. The lowest BCUT2D eigenvalue weighted by molar-refractivity contribution is -0.138. The minimum absolute atomic E-state index is 0.604. The summed E-state index contributed by atoms with van der Waals surface area (Å²) in [6.07, 6.45) is 0. The highest BCUT2D eigenvalue weighted by atomic mass is 79.9. The van der Waals surface area contributed by atoms with Gasteiger partial charge in [-0.25, -0.2) is 0 Å². The highest BCUT2D eigenvalue weighted by Gasteiger charge is 2.17. The maximum atomic E-state index is 10.6. The molecule has 3 nitrogen and oxygen atoms in total. The SMILES string of the molecule is Cc1cccc([C@H](N)C(=O)O)c1Br. The number of hydrogen-bond donors (Lipinski definition) is 2. The molecule has 1 rings (SSSR count). The van der Waals surface area contributed by atoms with Crippen LogP contribution in [-0.4, -0.2) is 11.1 Å². The largest absolute Gasteiger partial charge is 0.480 e. The molecule has 0 aliphatic heterocycles. The summed E-state index contributed by atoms with van der Waals surface area (Å²) in [6, 6.07) is 4.42. The van der Waals surface area contributed by atoms with Crippen LogP contribution < -0.4 is 5.73 Å². The molecule has 3 N–H and O–H groups in total. The van der Waals surface area contributed by atoms with Gasteiger partial charge in [-0.15, -0.1) is 0 Å². The van der Waals surface area contributed by atoms with Gasteiger partial charge < -0.3 is 10.8 Å². The molecule has 0 heterocycles. The molecule has 1 aromatic carbocycles. The van der Waals surface area contributed by atoms with Gasteiger partial charge in [0.2, 0.25) is 0 Å². The third kappa shape index (κ3) is 2.08. The van der Waals surface area contributed by atoms with Crippen molar-refractivity contribution in [2.45, 2.75) is 13.0 Å². The number of carbonyl (C=O) groups is 1. The van der Waals surface area contributed by atoms with Crippen LogP contribution in [0.1, 0.15) is 17.2 Å². The van der Waals surface area contributed by atoms with Crippen LogP contribution in [0.3, 0.4) is 0 Å². The smallest absolute Gasteiger partial charge is 0.325 e. The maximum absolute atomic E-state index is 10.6. The Labute approximate surface area is 84.7 Å². The monoisotopic (exact) mass is 243 g/mol. The van der Waals surface area contributed by atoms with Crippen LogP contribution in [-0.2, 0) is 4.79 Å². The minimum atomic E-state index is -1.02. The number of nitrogens with two attached hydrogens (primary N) is 1. The zero-order valence-electron chi connectivity index (χ0n) is 7.12. The molecule has 4 heteroatoms. The Morgan fingerprint density at radius 1 is 1.62 bits per heavy atom. The Morgan fingerprint density at radius 3 is 2.77 bits per heavy atom. The molecule has 0 aliphatic rings. The van der Waals surface area contributed by atoms with E-state index in [0.717, 1.165) is 10.0 Å². The highest BCUT2D eigenvalue weighted by molar-refractivity contribution is 9.10. The number of carboxylic acids is 1. The molecule has 0 radical (unpaired) electrons. The Morgan fingerprint density at radius 2 is 2.23 bits per heavy atom. The third-order valence-electron chi connectivity index (χ3n) is 1.82. The van der Waals surface area contributed by atoms with Crippen molar-refractivity contribution in [3.8, 4) is 0 Å². The first-order valence-electron chi connectivity index (χ1n) is 3.77. The lowest BCUT2D eigenvalue weighted by atomic mass is 10.1. The van der Waals surface area contributed by atoms with Gasteiger partial charge in [-0.05, 0) is 18.1 Å². The molecule has 0 bridgehead atoms. The molecular formula is C9H10BrNO2. The van der Waals surface area contributed by atoms with Crippen LogP contribution in [0.5, 0.6) is 0 Å². The summed E-state index contributed by atoms with van der Waals surface area (Å²) in [4.78, 5) is 10.6. The summed E-state index contributed by atoms with van der Waals surface area (Å²) in [5.41, 5.74) is 7.06. The molecule has 1 atom stereocenters. The fourth-order valence-corrected chi connectivity index (χ4v) is 1.55. The van der Waals surface area contributed by atoms with Gasteiger partial charge in [-0.3, -0.25) is 4.79 Å². The molecule has 13 heavy (non-hydrogen) atoms. The number of aliphatic carboxylic acids is 1. The lowest BCUT2D eigenvalue weighted by Crippen LogP contribution is -2.21. The Hall–Kier alpha value is -0.870. The van der Waals surface area contributed by atoms with Gasteiger partial charge in [0.05, 0.1) is 0 Å². The fraction of sp³-hybridized carbons (Fsp3) is 0.222. The standard InChI is InChI=1S/C9H10BrNO2/c1-5-3-2-4-6(7(5)10)8(11)9(12)13/h2-4,8H,11H2,1H3,(H,12,13)/t8-/m0/s1. The van der Waals surface area contributed by atoms with Gasteiger partial charge in [0, 0.05) is 4.47 Å². The van der Waals surface area contributed by atoms with Crippen LogP contribution in [0.15, 0.2) is 22.7 Å². The molecule has 0 aromatic heterocycles. The molecule has 0 aliphatic carbocycles. The second-order valence-corrected chi connectivity index (χ2v) is 3.59. The van der Waals surface area contributed by atoms with Gasteiger partial charge in [0.1, 0.15) is 6.04 Å². The van der Waals surface area contributed by atoms with Crippen molar-refractivity contribution in [3.05, 3.63) is 33.8 Å². The highest BCUT2D eigenvalue weighted by Crippen LogP contribution is 2.25. The first kappa shape index (κ1) is 10.2. The van der Waals surface area contributed by atoms with Gasteiger partial charge >= 0.3 is 5.97 Å². The maximum Gasteiger partial charge on any atom is 0.325 e. The van der Waals surface area contributed by atoms with E-state index in [4.69, 9.17) is 10.8 Å². The van der Waals surface area contributed by atoms with E-state index in [9.17, 15) is 4.79 Å². The minimum Gasteiger partial charge on any atom is -0.480 e. The van der Waals surface area contributed by atoms with Crippen LogP contribution in [0.4, 0.5) is 0 Å². The van der Waals surface area contributed by atoms with E-state index in [0.29, 0.717) is 5.56 Å². The molecule has 0 saturated carbocycles. The average Bonchev–Trinajstić information content (AvgIpc) is 2.08. The van der Waals surface area contributed by atoms with E-state index in [1.54, 1.807) is 12.1 Å². The van der Waals surface area contributed by atoms with Crippen LogP contribution in [0, 0.1) is 6.92 Å². The number of benzene rings is 1. The zero-order valence-corrected chi connectivity index (χ0v) is 8.71. The van der Waals surface area contributed by atoms with Crippen molar-refractivity contribution in [2.24, 2.45) is 5.73 Å². The van der Waals surface area contributed by atoms with E-state index >= 15 is 0 Å². The van der Waals surface area contributed by atoms with Crippen molar-refractivity contribution in [3.63, 3.8) is 0 Å². The van der Waals surface area contributed by atoms with Crippen molar-refractivity contribution < 1.29 is 9.90 Å². The van der Waals surface area contributed by atoms with Crippen LogP contribution >= 0.6 is 15.9 Å². The van der Waals surface area contributed by atoms with E-state index < -0.39 is 12.0 Å². The molecule has 0 fully saturated rings. The van der Waals surface area contributed by atoms with Gasteiger partial charge in [-0.1, -0.05) is 34.1 Å². The van der Waals surface area contributed by atoms with E-state index in [2.05, 4.69) is 15.9 Å². The number of halogens is 1. The number of hydrogen-bond acceptors (Lipinski definition) is 2. The fourth-order valence-electron chi connectivity index (χ4n) is 1.04. The lowest BCUT2D eigenvalue weighted by Gasteiger charge is -2.10. The number of aryl methyl sites for hydroxylation is 1. The van der Waals surface area contributed by atoms with E-state index in [-0.39, 0.29) is 0 Å². The molecule has 1 aromatic rings. The predicted octanol–water partition coefficient (Wildman–Crippen LogP) is 1.84. The molecule has 70 valence electrons. The summed E-state index contributed by atoms with van der Waals surface area (Å²) >= 11 is 3.31. The summed E-state index contributed by atoms with van der Waals surface area (Å²) in [6.45, 7) is 1.89. The van der Waals surface area contributed by atoms with Crippen molar-refractivity contribution in [1.82, 2.24) is 0 Å². The van der Waals surface area contributed by atoms with E-state index in [1.165, 1.54) is 0 Å². The molecular weight excluding hydrogens is 234 g/mol. The van der Waals surface area contributed by atoms with Gasteiger partial charge in [0.25, 0.3) is 0 Å². The summed E-state index contributed by atoms with van der Waals surface area (Å²) in [5, 5.41) is 8.70. The van der Waals surface area contributed by atoms with E-state index in [1.807, 2.05) is 13.0 Å². The van der Waals surface area contributed by atoms with Gasteiger partial charge in [0.15, 0.2) is 0 Å². The average molecular weight is 244 g/mol. The van der Waals surface area contributed by atoms with Crippen LogP contribution in [0.2, 0.25) is 0 Å². The first-order chi connectivity index (χ1) is 6.04. The van der Waals surface area contributed by atoms with Gasteiger partial charge in [-0.2, -0.15) is 0 Å². The Bertz CT molecular complexity index is 338. The van der Waals surface area contributed by atoms with Crippen molar-refractivity contribution in [1.29, 1.82) is 0 Å². The zero-order chi connectivity index (χ0) is 10.0. The Kier molecular flexibility index (Phi) is 3.06.